The van der Waals surface area contributed by atoms with Crippen molar-refractivity contribution in [3.8, 4) is 0 Å². The number of aromatic nitrogens is 2. The fraction of sp³-hybridized carbons (Fsp3) is 0.154. The van der Waals surface area contributed by atoms with Crippen LogP contribution in [-0.2, 0) is 13.1 Å². The number of hydrogen-bond donors (Lipinski definition) is 1. The van der Waals surface area contributed by atoms with Crippen molar-refractivity contribution in [2.45, 2.75) is 13.1 Å². The summed E-state index contributed by atoms with van der Waals surface area (Å²) in [5, 5.41) is 5.70. The summed E-state index contributed by atoms with van der Waals surface area (Å²) in [6, 6.07) is 12.1. The van der Waals surface area contributed by atoms with E-state index in [-0.39, 0.29) is 0 Å². The van der Waals surface area contributed by atoms with Crippen molar-refractivity contribution >= 4 is 33.8 Å². The van der Waals surface area contributed by atoms with Gasteiger partial charge in [0.25, 0.3) is 0 Å². The second kappa shape index (κ2) is 4.72. The van der Waals surface area contributed by atoms with Crippen LogP contribution in [-0.4, -0.2) is 9.78 Å². The fourth-order valence-corrected chi connectivity index (χ4v) is 3.12. The van der Waals surface area contributed by atoms with E-state index >= 15 is 0 Å². The lowest BCUT2D eigenvalue weighted by Crippen LogP contribution is -2.02. The van der Waals surface area contributed by atoms with Crippen molar-refractivity contribution in [1.82, 2.24) is 9.78 Å². The van der Waals surface area contributed by atoms with Gasteiger partial charge in [-0.15, -0.1) is 11.3 Å². The van der Waals surface area contributed by atoms with Crippen LogP contribution in [0.15, 0.2) is 36.4 Å². The molecule has 0 aliphatic rings. The number of rotatable bonds is 3. The van der Waals surface area contributed by atoms with Gasteiger partial charge in [-0.2, -0.15) is 5.10 Å². The maximum atomic E-state index is 5.95. The maximum Gasteiger partial charge on any atom is 0.0931 e. The highest BCUT2D eigenvalue weighted by molar-refractivity contribution is 7.16. The number of para-hydroxylation sites is 1. The molecular formula is C13H12ClN3S. The molecule has 5 heteroatoms. The molecule has 0 fully saturated rings. The van der Waals surface area contributed by atoms with Crippen LogP contribution in [0.25, 0.3) is 10.9 Å². The van der Waals surface area contributed by atoms with Crippen molar-refractivity contribution < 1.29 is 0 Å². The molecule has 0 saturated carbocycles. The van der Waals surface area contributed by atoms with E-state index in [4.69, 9.17) is 17.3 Å². The third-order valence-electron chi connectivity index (χ3n) is 2.86. The minimum Gasteiger partial charge on any atom is -0.325 e. The molecule has 0 unspecified atom stereocenters. The SMILES string of the molecule is NCc1nn(Cc2ccc(Cl)s2)c2ccccc12. The first-order valence-electron chi connectivity index (χ1n) is 5.66. The molecule has 0 amide bonds. The van der Waals surface area contributed by atoms with Crippen LogP contribution in [0.4, 0.5) is 0 Å². The molecule has 0 spiro atoms. The first kappa shape index (κ1) is 11.7. The van der Waals surface area contributed by atoms with Gasteiger partial charge in [0.1, 0.15) is 0 Å². The van der Waals surface area contributed by atoms with E-state index in [0.717, 1.165) is 27.5 Å². The summed E-state index contributed by atoms with van der Waals surface area (Å²) in [6.07, 6.45) is 0. The Hall–Kier alpha value is -1.36. The second-order valence-corrected chi connectivity index (χ2v) is 5.83. The minimum absolute atomic E-state index is 0.457. The Morgan fingerprint density at radius 2 is 2.06 bits per heavy atom. The number of hydrogen-bond acceptors (Lipinski definition) is 3. The van der Waals surface area contributed by atoms with Gasteiger partial charge >= 0.3 is 0 Å². The number of thiophene rings is 1. The summed E-state index contributed by atoms with van der Waals surface area (Å²) in [6.45, 7) is 1.19. The highest BCUT2D eigenvalue weighted by Gasteiger charge is 2.09. The Kier molecular flexibility index (Phi) is 3.07. The molecule has 0 saturated heterocycles. The molecule has 3 rings (SSSR count). The van der Waals surface area contributed by atoms with Crippen molar-refractivity contribution in [1.29, 1.82) is 0 Å². The molecule has 0 atom stereocenters. The highest BCUT2D eigenvalue weighted by atomic mass is 35.5. The van der Waals surface area contributed by atoms with Gasteiger partial charge < -0.3 is 5.73 Å². The smallest absolute Gasteiger partial charge is 0.0931 e. The molecule has 3 aromatic rings. The maximum absolute atomic E-state index is 5.95. The van der Waals surface area contributed by atoms with E-state index < -0.39 is 0 Å². The predicted molar refractivity (Wildman–Crippen MR) is 76.1 cm³/mol. The molecule has 1 aromatic carbocycles. The number of benzene rings is 1. The summed E-state index contributed by atoms with van der Waals surface area (Å²) in [4.78, 5) is 1.19. The Labute approximate surface area is 114 Å². The third kappa shape index (κ3) is 2.03. The van der Waals surface area contributed by atoms with Gasteiger partial charge in [-0.3, -0.25) is 4.68 Å². The Balaban J connectivity index is 2.06. The average molecular weight is 278 g/mol. The van der Waals surface area contributed by atoms with Gasteiger partial charge in [-0.1, -0.05) is 29.8 Å². The fourth-order valence-electron chi connectivity index (χ4n) is 2.05. The van der Waals surface area contributed by atoms with E-state index in [1.165, 1.54) is 4.88 Å². The summed E-state index contributed by atoms with van der Waals surface area (Å²) in [7, 11) is 0. The summed E-state index contributed by atoms with van der Waals surface area (Å²) >= 11 is 7.53. The monoisotopic (exact) mass is 277 g/mol. The van der Waals surface area contributed by atoms with Crippen LogP contribution in [0.1, 0.15) is 10.6 Å². The second-order valence-electron chi connectivity index (χ2n) is 4.03. The number of fused-ring (bicyclic) bond motifs is 1. The zero-order valence-electron chi connectivity index (χ0n) is 9.64. The van der Waals surface area contributed by atoms with Crippen LogP contribution in [0.3, 0.4) is 0 Å². The lowest BCUT2D eigenvalue weighted by Gasteiger charge is -2.00. The van der Waals surface area contributed by atoms with E-state index in [9.17, 15) is 0 Å². The normalized spacial score (nSPS) is 11.2. The zero-order chi connectivity index (χ0) is 12.5. The number of nitrogens with two attached hydrogens (primary N) is 1. The highest BCUT2D eigenvalue weighted by Crippen LogP contribution is 2.24. The number of nitrogens with zero attached hydrogens (tertiary/aromatic N) is 2. The van der Waals surface area contributed by atoms with Crippen molar-refractivity contribution in [2.75, 3.05) is 0 Å². The average Bonchev–Trinajstić information content (AvgIpc) is 2.95. The van der Waals surface area contributed by atoms with Crippen LogP contribution in [0.2, 0.25) is 4.34 Å². The van der Waals surface area contributed by atoms with E-state index in [1.54, 1.807) is 11.3 Å². The number of halogens is 1. The molecule has 2 heterocycles. The van der Waals surface area contributed by atoms with Gasteiger partial charge in [-0.25, -0.2) is 0 Å². The topological polar surface area (TPSA) is 43.8 Å². The lowest BCUT2D eigenvalue weighted by atomic mass is 10.2. The van der Waals surface area contributed by atoms with Crippen molar-refractivity contribution in [2.24, 2.45) is 5.73 Å². The van der Waals surface area contributed by atoms with Gasteiger partial charge in [0.2, 0.25) is 0 Å². The Morgan fingerprint density at radius 3 is 2.78 bits per heavy atom. The van der Waals surface area contributed by atoms with Crippen LogP contribution in [0.5, 0.6) is 0 Å². The molecule has 2 N–H and O–H groups in total. The summed E-state index contributed by atoms with van der Waals surface area (Å²) in [5.74, 6) is 0. The molecule has 2 aromatic heterocycles. The first-order valence-corrected chi connectivity index (χ1v) is 6.86. The van der Waals surface area contributed by atoms with Crippen molar-refractivity contribution in [3.63, 3.8) is 0 Å². The lowest BCUT2D eigenvalue weighted by molar-refractivity contribution is 0.701. The quantitative estimate of drug-likeness (QED) is 0.799. The van der Waals surface area contributed by atoms with Gasteiger partial charge in [0.15, 0.2) is 0 Å². The Bertz CT molecular complexity index is 686. The minimum atomic E-state index is 0.457. The van der Waals surface area contributed by atoms with E-state index in [1.807, 2.05) is 28.9 Å². The van der Waals surface area contributed by atoms with Gasteiger partial charge in [0, 0.05) is 16.8 Å². The molecule has 0 bridgehead atoms. The van der Waals surface area contributed by atoms with E-state index in [0.29, 0.717) is 6.54 Å². The zero-order valence-corrected chi connectivity index (χ0v) is 11.2. The third-order valence-corrected chi connectivity index (χ3v) is 4.08. The predicted octanol–water partition coefficient (Wildman–Crippen LogP) is 3.26. The van der Waals surface area contributed by atoms with Crippen LogP contribution in [0, 0.1) is 0 Å². The molecule has 18 heavy (non-hydrogen) atoms. The standard InChI is InChI=1S/C13H12ClN3S/c14-13-6-5-9(18-13)8-17-12-4-2-1-3-10(12)11(7-15)16-17/h1-6H,7-8,15H2. The van der Waals surface area contributed by atoms with Crippen LogP contribution >= 0.6 is 22.9 Å². The van der Waals surface area contributed by atoms with Gasteiger partial charge in [0.05, 0.1) is 22.1 Å². The molecule has 92 valence electrons. The summed E-state index contributed by atoms with van der Waals surface area (Å²) < 4.78 is 2.79. The van der Waals surface area contributed by atoms with Crippen molar-refractivity contribution in [3.05, 3.63) is 51.3 Å². The molecule has 0 aliphatic carbocycles. The molecular weight excluding hydrogens is 266 g/mol. The van der Waals surface area contributed by atoms with Gasteiger partial charge in [-0.05, 0) is 18.2 Å². The van der Waals surface area contributed by atoms with E-state index in [2.05, 4.69) is 17.2 Å². The molecule has 3 nitrogen and oxygen atoms in total. The molecule has 0 aliphatic heterocycles. The molecule has 0 radical (unpaired) electrons. The largest absolute Gasteiger partial charge is 0.325 e. The van der Waals surface area contributed by atoms with Crippen LogP contribution < -0.4 is 5.73 Å². The first-order chi connectivity index (χ1) is 8.78. The Morgan fingerprint density at radius 1 is 1.22 bits per heavy atom. The summed E-state index contributed by atoms with van der Waals surface area (Å²) in [5.41, 5.74) is 7.78.